The molecule has 0 spiro atoms. The van der Waals surface area contributed by atoms with Gasteiger partial charge in [0.15, 0.2) is 6.10 Å². The number of hydrogen-bond acceptors (Lipinski definition) is 3. The molecule has 1 fully saturated rings. The average Bonchev–Trinajstić information content (AvgIpc) is 3.28. The SMILES string of the molecule is NC(=O)[C@H](CC1CC1)NC(=O)[C@@H](O)c1ccc(C(F)(F)F)cc1. The van der Waals surface area contributed by atoms with Crippen LogP contribution in [0.1, 0.15) is 36.5 Å². The molecule has 0 saturated heterocycles. The van der Waals surface area contributed by atoms with Crippen LogP contribution in [-0.4, -0.2) is 23.0 Å². The highest BCUT2D eigenvalue weighted by Crippen LogP contribution is 2.33. The maximum Gasteiger partial charge on any atom is 0.416 e. The van der Waals surface area contributed by atoms with Crippen molar-refractivity contribution in [2.24, 2.45) is 11.7 Å². The van der Waals surface area contributed by atoms with E-state index in [1.54, 1.807) is 0 Å². The predicted molar refractivity (Wildman–Crippen MR) is 74.9 cm³/mol. The van der Waals surface area contributed by atoms with E-state index in [9.17, 15) is 27.9 Å². The van der Waals surface area contributed by atoms with Crippen molar-refractivity contribution in [1.29, 1.82) is 0 Å². The minimum atomic E-state index is -4.49. The maximum atomic E-state index is 12.5. The van der Waals surface area contributed by atoms with Crippen LogP contribution in [0.25, 0.3) is 0 Å². The van der Waals surface area contributed by atoms with Crippen molar-refractivity contribution in [1.82, 2.24) is 5.32 Å². The molecule has 0 heterocycles. The van der Waals surface area contributed by atoms with Gasteiger partial charge in [0.2, 0.25) is 5.91 Å². The molecule has 1 aliphatic rings. The second-order valence-electron chi connectivity index (χ2n) is 5.66. The lowest BCUT2D eigenvalue weighted by Gasteiger charge is -2.18. The van der Waals surface area contributed by atoms with Gasteiger partial charge in [-0.3, -0.25) is 9.59 Å². The lowest BCUT2D eigenvalue weighted by molar-refractivity contribution is -0.137. The third-order valence-electron chi connectivity index (χ3n) is 3.73. The summed E-state index contributed by atoms with van der Waals surface area (Å²) in [6.07, 6.45) is -3.84. The molecule has 126 valence electrons. The van der Waals surface area contributed by atoms with E-state index in [2.05, 4.69) is 5.32 Å². The molecule has 2 rings (SSSR count). The van der Waals surface area contributed by atoms with E-state index < -0.39 is 35.7 Å². The molecule has 0 aromatic heterocycles. The summed E-state index contributed by atoms with van der Waals surface area (Å²) in [5, 5.41) is 12.3. The highest BCUT2D eigenvalue weighted by atomic mass is 19.4. The van der Waals surface area contributed by atoms with Gasteiger partial charge in [-0.1, -0.05) is 25.0 Å². The van der Waals surface area contributed by atoms with E-state index in [1.807, 2.05) is 0 Å². The molecule has 1 aromatic carbocycles. The van der Waals surface area contributed by atoms with Gasteiger partial charge in [0.1, 0.15) is 6.04 Å². The van der Waals surface area contributed by atoms with E-state index in [0.717, 1.165) is 37.1 Å². The molecule has 0 bridgehead atoms. The van der Waals surface area contributed by atoms with Crippen molar-refractivity contribution in [2.75, 3.05) is 0 Å². The van der Waals surface area contributed by atoms with E-state index in [0.29, 0.717) is 12.3 Å². The van der Waals surface area contributed by atoms with Crippen molar-refractivity contribution >= 4 is 11.8 Å². The molecule has 1 aromatic rings. The van der Waals surface area contributed by atoms with E-state index in [-0.39, 0.29) is 5.56 Å². The maximum absolute atomic E-state index is 12.5. The van der Waals surface area contributed by atoms with Gasteiger partial charge in [0, 0.05) is 0 Å². The van der Waals surface area contributed by atoms with E-state index >= 15 is 0 Å². The first-order valence-electron chi connectivity index (χ1n) is 7.13. The second-order valence-corrected chi connectivity index (χ2v) is 5.66. The number of amides is 2. The van der Waals surface area contributed by atoms with Crippen LogP contribution in [0.5, 0.6) is 0 Å². The molecule has 0 unspecified atom stereocenters. The zero-order valence-electron chi connectivity index (χ0n) is 12.1. The van der Waals surface area contributed by atoms with Crippen molar-refractivity contribution in [3.63, 3.8) is 0 Å². The van der Waals surface area contributed by atoms with Gasteiger partial charge in [-0.15, -0.1) is 0 Å². The average molecular weight is 330 g/mol. The van der Waals surface area contributed by atoms with Gasteiger partial charge in [0.25, 0.3) is 5.91 Å². The summed E-state index contributed by atoms with van der Waals surface area (Å²) in [5.41, 5.74) is 4.33. The number of halogens is 3. The summed E-state index contributed by atoms with van der Waals surface area (Å²) < 4.78 is 37.4. The number of hydrogen-bond donors (Lipinski definition) is 3. The fraction of sp³-hybridized carbons (Fsp3) is 0.467. The number of nitrogens with one attached hydrogen (secondary N) is 1. The monoisotopic (exact) mass is 330 g/mol. The van der Waals surface area contributed by atoms with Crippen LogP contribution in [-0.2, 0) is 15.8 Å². The lowest BCUT2D eigenvalue weighted by atomic mass is 10.0. The van der Waals surface area contributed by atoms with Crippen LogP contribution >= 0.6 is 0 Å². The number of carbonyl (C=O) groups excluding carboxylic acids is 2. The Kier molecular flexibility index (Phi) is 4.93. The van der Waals surface area contributed by atoms with Gasteiger partial charge in [-0.05, 0) is 30.0 Å². The third-order valence-corrected chi connectivity index (χ3v) is 3.73. The molecule has 0 aliphatic heterocycles. The van der Waals surface area contributed by atoms with Crippen LogP contribution in [0.2, 0.25) is 0 Å². The van der Waals surface area contributed by atoms with Crippen molar-refractivity contribution in [2.45, 2.75) is 37.6 Å². The first-order valence-corrected chi connectivity index (χ1v) is 7.13. The lowest BCUT2D eigenvalue weighted by Crippen LogP contribution is -2.46. The van der Waals surface area contributed by atoms with Gasteiger partial charge in [0.05, 0.1) is 5.56 Å². The predicted octanol–water partition coefficient (Wildman–Crippen LogP) is 1.51. The summed E-state index contributed by atoms with van der Waals surface area (Å²) >= 11 is 0. The number of benzene rings is 1. The van der Waals surface area contributed by atoms with E-state index in [1.165, 1.54) is 0 Å². The number of rotatable bonds is 6. The van der Waals surface area contributed by atoms with Crippen LogP contribution in [0, 0.1) is 5.92 Å². The van der Waals surface area contributed by atoms with Crippen LogP contribution in [0.15, 0.2) is 24.3 Å². The van der Waals surface area contributed by atoms with E-state index in [4.69, 9.17) is 5.73 Å². The second kappa shape index (κ2) is 6.57. The van der Waals surface area contributed by atoms with Gasteiger partial charge < -0.3 is 16.2 Å². The Labute approximate surface area is 130 Å². The summed E-state index contributed by atoms with van der Waals surface area (Å²) in [5.74, 6) is -1.24. The van der Waals surface area contributed by atoms with Gasteiger partial charge >= 0.3 is 6.18 Å². The smallest absolute Gasteiger partial charge is 0.378 e. The Morgan fingerprint density at radius 3 is 2.26 bits per heavy atom. The first kappa shape index (κ1) is 17.3. The summed E-state index contributed by atoms with van der Waals surface area (Å²) in [4.78, 5) is 23.3. The molecule has 0 radical (unpaired) electrons. The molecular weight excluding hydrogens is 313 g/mol. The molecule has 2 atom stereocenters. The number of aliphatic hydroxyl groups excluding tert-OH is 1. The molecule has 8 heteroatoms. The summed E-state index contributed by atoms with van der Waals surface area (Å²) in [6, 6.07) is 2.71. The zero-order valence-corrected chi connectivity index (χ0v) is 12.1. The number of nitrogens with two attached hydrogens (primary N) is 1. The van der Waals surface area contributed by atoms with Crippen molar-refractivity contribution in [3.05, 3.63) is 35.4 Å². The fourth-order valence-corrected chi connectivity index (χ4v) is 2.19. The number of aliphatic hydroxyl groups is 1. The Morgan fingerprint density at radius 2 is 1.83 bits per heavy atom. The quantitative estimate of drug-likeness (QED) is 0.738. The topological polar surface area (TPSA) is 92.4 Å². The molecule has 23 heavy (non-hydrogen) atoms. The number of primary amides is 1. The molecular formula is C15H17F3N2O3. The highest BCUT2D eigenvalue weighted by molar-refractivity contribution is 5.89. The highest BCUT2D eigenvalue weighted by Gasteiger charge is 2.32. The Hall–Kier alpha value is -2.09. The largest absolute Gasteiger partial charge is 0.416 e. The molecule has 2 amide bonds. The Bertz CT molecular complexity index is 583. The Balaban J connectivity index is 2.01. The standard InChI is InChI=1S/C15H17F3N2O3/c16-15(17,18)10-5-3-9(4-6-10)12(21)14(23)20-11(13(19)22)7-8-1-2-8/h3-6,8,11-12,21H,1-2,7H2,(H2,19,22)(H,20,23)/t11-,12-/m0/s1. The Morgan fingerprint density at radius 1 is 1.26 bits per heavy atom. The zero-order chi connectivity index (χ0) is 17.2. The number of alkyl halides is 3. The van der Waals surface area contributed by atoms with Gasteiger partial charge in [-0.2, -0.15) is 13.2 Å². The first-order chi connectivity index (χ1) is 10.7. The van der Waals surface area contributed by atoms with Gasteiger partial charge in [-0.25, -0.2) is 0 Å². The number of carbonyl (C=O) groups is 2. The molecule has 4 N–H and O–H groups in total. The normalized spacial score (nSPS) is 17.4. The molecule has 1 saturated carbocycles. The molecule has 5 nitrogen and oxygen atoms in total. The molecule has 1 aliphatic carbocycles. The fourth-order valence-electron chi connectivity index (χ4n) is 2.19. The third kappa shape index (κ3) is 4.69. The van der Waals surface area contributed by atoms with Crippen LogP contribution in [0.4, 0.5) is 13.2 Å². The van der Waals surface area contributed by atoms with Crippen LogP contribution < -0.4 is 11.1 Å². The summed E-state index contributed by atoms with van der Waals surface area (Å²) in [7, 11) is 0. The van der Waals surface area contributed by atoms with Crippen LogP contribution in [0.3, 0.4) is 0 Å². The van der Waals surface area contributed by atoms with Crippen molar-refractivity contribution in [3.8, 4) is 0 Å². The summed E-state index contributed by atoms with van der Waals surface area (Å²) in [6.45, 7) is 0. The van der Waals surface area contributed by atoms with Crippen molar-refractivity contribution < 1.29 is 27.9 Å². The minimum absolute atomic E-state index is 0.00476. The minimum Gasteiger partial charge on any atom is -0.378 e.